The molecule has 0 spiro atoms. The molecular weight excluding hydrogens is 352 g/mol. The van der Waals surface area contributed by atoms with E-state index >= 15 is 0 Å². The maximum absolute atomic E-state index is 12.4. The van der Waals surface area contributed by atoms with Crippen molar-refractivity contribution in [1.29, 1.82) is 0 Å². The monoisotopic (exact) mass is 384 g/mol. The molecule has 6 nitrogen and oxygen atoms in total. The lowest BCUT2D eigenvalue weighted by Crippen LogP contribution is -2.46. The van der Waals surface area contributed by atoms with Gasteiger partial charge in [0.1, 0.15) is 0 Å². The lowest BCUT2D eigenvalue weighted by atomic mass is 10.0. The summed E-state index contributed by atoms with van der Waals surface area (Å²) < 4.78 is 2.10. The highest BCUT2D eigenvalue weighted by Crippen LogP contribution is 2.28. The number of rotatable bonds is 5. The zero-order valence-corrected chi connectivity index (χ0v) is 17.2. The first-order valence-electron chi connectivity index (χ1n) is 10.3. The van der Waals surface area contributed by atoms with Crippen LogP contribution >= 0.6 is 0 Å². The summed E-state index contributed by atoms with van der Waals surface area (Å²) in [6.45, 7) is 0.387. The van der Waals surface area contributed by atoms with Crippen LogP contribution < -0.4 is 10.6 Å². The van der Waals surface area contributed by atoms with Crippen molar-refractivity contribution in [1.82, 2.24) is 20.1 Å². The molecule has 1 unspecified atom stereocenters. The minimum Gasteiger partial charge on any atom is -0.350 e. The predicted octanol–water partition coefficient (Wildman–Crippen LogP) is 2.74. The molecule has 1 fully saturated rings. The molecular formula is C22H32N4O2. The van der Waals surface area contributed by atoms with E-state index < -0.39 is 11.8 Å². The standard InChI is InChI=1S/C22H32N4O2/c1-25(2)20(18-15-26(3)19-13-9-8-12-17(18)19)14-23-21(27)22(28)24-16-10-6-4-5-7-11-16/h8-9,12-13,15-16,20H,4-7,10-11,14H2,1-3H3,(H,23,27)(H,24,28). The first-order chi connectivity index (χ1) is 13.5. The molecule has 1 saturated carbocycles. The predicted molar refractivity (Wildman–Crippen MR) is 112 cm³/mol. The van der Waals surface area contributed by atoms with E-state index in [1.165, 1.54) is 18.2 Å². The summed E-state index contributed by atoms with van der Waals surface area (Å²) in [5.74, 6) is -1.06. The lowest BCUT2D eigenvalue weighted by molar-refractivity contribution is -0.139. The summed E-state index contributed by atoms with van der Waals surface area (Å²) in [6.07, 6.45) is 8.71. The molecule has 152 valence electrons. The molecule has 1 aliphatic rings. The Kier molecular flexibility index (Phi) is 6.73. The Morgan fingerprint density at radius 1 is 1.11 bits per heavy atom. The molecule has 1 heterocycles. The fourth-order valence-electron chi connectivity index (χ4n) is 4.15. The lowest BCUT2D eigenvalue weighted by Gasteiger charge is -2.24. The molecule has 0 radical (unpaired) electrons. The van der Waals surface area contributed by atoms with Crippen LogP contribution in [0.25, 0.3) is 10.9 Å². The number of nitrogens with zero attached hydrogens (tertiary/aromatic N) is 2. The van der Waals surface area contributed by atoms with Crippen LogP contribution in [0.2, 0.25) is 0 Å². The van der Waals surface area contributed by atoms with Gasteiger partial charge in [-0.1, -0.05) is 43.9 Å². The number of hydrogen-bond acceptors (Lipinski definition) is 3. The fraction of sp³-hybridized carbons (Fsp3) is 0.545. The second-order valence-corrected chi connectivity index (χ2v) is 8.06. The van der Waals surface area contributed by atoms with E-state index in [0.717, 1.165) is 36.8 Å². The van der Waals surface area contributed by atoms with Gasteiger partial charge in [-0.3, -0.25) is 9.59 Å². The van der Waals surface area contributed by atoms with Gasteiger partial charge < -0.3 is 20.1 Å². The minimum atomic E-state index is -0.545. The van der Waals surface area contributed by atoms with Gasteiger partial charge in [-0.05, 0) is 38.6 Å². The molecule has 0 saturated heterocycles. The number of para-hydroxylation sites is 1. The number of carbonyl (C=O) groups excluding carboxylic acids is 2. The number of carbonyl (C=O) groups is 2. The average Bonchev–Trinajstić information content (AvgIpc) is 2.84. The van der Waals surface area contributed by atoms with Crippen LogP contribution in [0.1, 0.15) is 50.1 Å². The first-order valence-corrected chi connectivity index (χ1v) is 10.3. The van der Waals surface area contributed by atoms with Gasteiger partial charge in [-0.25, -0.2) is 0 Å². The van der Waals surface area contributed by atoms with Gasteiger partial charge in [0.15, 0.2) is 0 Å². The van der Waals surface area contributed by atoms with Crippen molar-refractivity contribution in [2.75, 3.05) is 20.6 Å². The van der Waals surface area contributed by atoms with Crippen LogP contribution in [-0.2, 0) is 16.6 Å². The maximum Gasteiger partial charge on any atom is 0.309 e. The zero-order valence-electron chi connectivity index (χ0n) is 17.2. The third kappa shape index (κ3) is 4.73. The van der Waals surface area contributed by atoms with E-state index in [-0.39, 0.29) is 12.1 Å². The topological polar surface area (TPSA) is 66.4 Å². The molecule has 1 aliphatic carbocycles. The normalized spacial score (nSPS) is 16.7. The van der Waals surface area contributed by atoms with E-state index in [0.29, 0.717) is 6.54 Å². The number of hydrogen-bond donors (Lipinski definition) is 2. The molecule has 2 amide bonds. The van der Waals surface area contributed by atoms with Crippen molar-refractivity contribution in [2.45, 2.75) is 50.6 Å². The minimum absolute atomic E-state index is 0.0132. The smallest absolute Gasteiger partial charge is 0.309 e. The average molecular weight is 385 g/mol. The van der Waals surface area contributed by atoms with E-state index in [1.54, 1.807) is 0 Å². The Hall–Kier alpha value is -2.34. The van der Waals surface area contributed by atoms with Crippen molar-refractivity contribution < 1.29 is 9.59 Å². The van der Waals surface area contributed by atoms with Gasteiger partial charge >= 0.3 is 11.8 Å². The molecule has 1 aromatic carbocycles. The van der Waals surface area contributed by atoms with Crippen molar-refractivity contribution in [3.05, 3.63) is 36.0 Å². The third-order valence-corrected chi connectivity index (χ3v) is 5.76. The molecule has 0 bridgehead atoms. The second kappa shape index (κ2) is 9.24. The summed E-state index contributed by atoms with van der Waals surface area (Å²) in [5, 5.41) is 6.92. The Morgan fingerprint density at radius 3 is 2.46 bits per heavy atom. The number of nitrogens with one attached hydrogen (secondary N) is 2. The molecule has 6 heteroatoms. The Morgan fingerprint density at radius 2 is 1.79 bits per heavy atom. The highest BCUT2D eigenvalue weighted by atomic mass is 16.2. The van der Waals surface area contributed by atoms with Gasteiger partial charge in [0, 0.05) is 36.7 Å². The Balaban J connectivity index is 1.64. The van der Waals surface area contributed by atoms with Crippen LogP contribution in [0.5, 0.6) is 0 Å². The van der Waals surface area contributed by atoms with Gasteiger partial charge in [0.25, 0.3) is 0 Å². The molecule has 0 aliphatic heterocycles. The van der Waals surface area contributed by atoms with Gasteiger partial charge in [-0.15, -0.1) is 0 Å². The van der Waals surface area contributed by atoms with Crippen LogP contribution in [0.15, 0.2) is 30.5 Å². The van der Waals surface area contributed by atoms with E-state index in [2.05, 4.69) is 38.4 Å². The highest BCUT2D eigenvalue weighted by Gasteiger charge is 2.23. The van der Waals surface area contributed by atoms with Gasteiger partial charge in [0.05, 0.1) is 6.04 Å². The Bertz CT molecular complexity index is 819. The first kappa shape index (κ1) is 20.4. The van der Waals surface area contributed by atoms with E-state index in [9.17, 15) is 9.59 Å². The van der Waals surface area contributed by atoms with Crippen molar-refractivity contribution in [3.8, 4) is 0 Å². The van der Waals surface area contributed by atoms with Crippen molar-refractivity contribution in [2.24, 2.45) is 7.05 Å². The highest BCUT2D eigenvalue weighted by molar-refractivity contribution is 6.35. The van der Waals surface area contributed by atoms with Crippen LogP contribution in [-0.4, -0.2) is 48.0 Å². The van der Waals surface area contributed by atoms with Crippen molar-refractivity contribution in [3.63, 3.8) is 0 Å². The summed E-state index contributed by atoms with van der Waals surface area (Å²) in [7, 11) is 6.01. The summed E-state index contributed by atoms with van der Waals surface area (Å²) in [4.78, 5) is 26.8. The third-order valence-electron chi connectivity index (χ3n) is 5.76. The fourth-order valence-corrected chi connectivity index (χ4v) is 4.15. The molecule has 2 aromatic rings. The number of fused-ring (bicyclic) bond motifs is 1. The quantitative estimate of drug-likeness (QED) is 0.615. The summed E-state index contributed by atoms with van der Waals surface area (Å²) >= 11 is 0. The second-order valence-electron chi connectivity index (χ2n) is 8.06. The molecule has 3 rings (SSSR count). The number of likely N-dealkylation sites (N-methyl/N-ethyl adjacent to an activating group) is 1. The van der Waals surface area contributed by atoms with E-state index in [4.69, 9.17) is 0 Å². The van der Waals surface area contributed by atoms with Crippen LogP contribution in [0, 0.1) is 0 Å². The van der Waals surface area contributed by atoms with Crippen molar-refractivity contribution >= 4 is 22.7 Å². The van der Waals surface area contributed by atoms with Gasteiger partial charge in [0.2, 0.25) is 0 Å². The van der Waals surface area contributed by atoms with E-state index in [1.807, 2.05) is 33.3 Å². The van der Waals surface area contributed by atoms with Crippen LogP contribution in [0.4, 0.5) is 0 Å². The number of aryl methyl sites for hydroxylation is 1. The number of benzene rings is 1. The SMILES string of the molecule is CN(C)C(CNC(=O)C(=O)NC1CCCCCC1)c1cn(C)c2ccccc12. The molecule has 28 heavy (non-hydrogen) atoms. The number of amides is 2. The summed E-state index contributed by atoms with van der Waals surface area (Å²) in [5.41, 5.74) is 2.30. The summed E-state index contributed by atoms with van der Waals surface area (Å²) in [6, 6.07) is 8.35. The molecule has 1 atom stereocenters. The van der Waals surface area contributed by atoms with Gasteiger partial charge in [-0.2, -0.15) is 0 Å². The Labute approximate surface area is 167 Å². The maximum atomic E-state index is 12.4. The largest absolute Gasteiger partial charge is 0.350 e. The zero-order chi connectivity index (χ0) is 20.1. The number of aromatic nitrogens is 1. The molecule has 1 aromatic heterocycles. The van der Waals surface area contributed by atoms with Crippen LogP contribution in [0.3, 0.4) is 0 Å². The molecule has 2 N–H and O–H groups in total.